The van der Waals surface area contributed by atoms with Gasteiger partial charge in [0, 0.05) is 22.1 Å². The van der Waals surface area contributed by atoms with E-state index in [9.17, 15) is 18.4 Å². The van der Waals surface area contributed by atoms with Crippen molar-refractivity contribution >= 4 is 33.4 Å². The number of hydrogen-bond donors (Lipinski definition) is 2. The number of rotatable bonds is 6. The third-order valence-electron chi connectivity index (χ3n) is 3.55. The van der Waals surface area contributed by atoms with Crippen LogP contribution in [0.3, 0.4) is 0 Å². The zero-order valence-corrected chi connectivity index (χ0v) is 15.1. The molecule has 0 fully saturated rings. The smallest absolute Gasteiger partial charge is 0.243 e. The number of hydrogen-bond acceptors (Lipinski definition) is 2. The maximum atomic E-state index is 13.5. The normalized spacial score (nSPS) is 10.4. The van der Waals surface area contributed by atoms with Gasteiger partial charge in [0.1, 0.15) is 11.6 Å². The predicted octanol–water partition coefficient (Wildman–Crippen LogP) is 3.72. The first-order valence-corrected chi connectivity index (χ1v) is 8.41. The molecule has 2 amide bonds. The number of carbonyl (C=O) groups excluding carboxylic acids is 2. The molecule has 0 bridgehead atoms. The SMILES string of the molecule is Cc1cc(NC(=O)CNC(=O)CCc2c(F)cccc2F)ccc1Br. The van der Waals surface area contributed by atoms with Crippen molar-refractivity contribution in [2.45, 2.75) is 19.8 Å². The Bertz CT molecular complexity index is 776. The quantitative estimate of drug-likeness (QED) is 0.762. The van der Waals surface area contributed by atoms with Crippen LogP contribution in [0.4, 0.5) is 14.5 Å². The van der Waals surface area contributed by atoms with Gasteiger partial charge in [-0.05, 0) is 49.2 Å². The lowest BCUT2D eigenvalue weighted by Crippen LogP contribution is -2.33. The Balaban J connectivity index is 1.79. The van der Waals surface area contributed by atoms with Crippen molar-refractivity contribution < 1.29 is 18.4 Å². The highest BCUT2D eigenvalue weighted by Gasteiger charge is 2.11. The molecule has 0 aliphatic carbocycles. The molecule has 0 saturated carbocycles. The van der Waals surface area contributed by atoms with Crippen LogP contribution in [0, 0.1) is 18.6 Å². The molecule has 132 valence electrons. The lowest BCUT2D eigenvalue weighted by molar-refractivity contribution is -0.124. The second-order valence-electron chi connectivity index (χ2n) is 5.49. The summed E-state index contributed by atoms with van der Waals surface area (Å²) < 4.78 is 27.9. The summed E-state index contributed by atoms with van der Waals surface area (Å²) >= 11 is 3.37. The Morgan fingerprint density at radius 1 is 1.08 bits per heavy atom. The van der Waals surface area contributed by atoms with Gasteiger partial charge in [-0.25, -0.2) is 8.78 Å². The molecule has 0 aliphatic rings. The molecule has 2 N–H and O–H groups in total. The van der Waals surface area contributed by atoms with Gasteiger partial charge in [-0.15, -0.1) is 0 Å². The highest BCUT2D eigenvalue weighted by molar-refractivity contribution is 9.10. The van der Waals surface area contributed by atoms with Gasteiger partial charge in [-0.3, -0.25) is 9.59 Å². The van der Waals surface area contributed by atoms with Crippen LogP contribution in [0.15, 0.2) is 40.9 Å². The molecule has 0 saturated heterocycles. The van der Waals surface area contributed by atoms with Crippen LogP contribution in [0.2, 0.25) is 0 Å². The van der Waals surface area contributed by atoms with E-state index < -0.39 is 17.5 Å². The average molecular weight is 411 g/mol. The van der Waals surface area contributed by atoms with Gasteiger partial charge in [0.15, 0.2) is 0 Å². The van der Waals surface area contributed by atoms with E-state index >= 15 is 0 Å². The molecule has 25 heavy (non-hydrogen) atoms. The minimum Gasteiger partial charge on any atom is -0.347 e. The van der Waals surface area contributed by atoms with Crippen LogP contribution in [-0.4, -0.2) is 18.4 Å². The number of amides is 2. The van der Waals surface area contributed by atoms with E-state index in [1.807, 2.05) is 13.0 Å². The minimum absolute atomic E-state index is 0.0716. The van der Waals surface area contributed by atoms with Gasteiger partial charge < -0.3 is 10.6 Å². The first-order valence-electron chi connectivity index (χ1n) is 7.62. The van der Waals surface area contributed by atoms with Crippen LogP contribution in [0.1, 0.15) is 17.5 Å². The van der Waals surface area contributed by atoms with Crippen molar-refractivity contribution in [1.82, 2.24) is 5.32 Å². The van der Waals surface area contributed by atoms with E-state index in [2.05, 4.69) is 26.6 Å². The third kappa shape index (κ3) is 5.63. The highest BCUT2D eigenvalue weighted by Crippen LogP contribution is 2.19. The van der Waals surface area contributed by atoms with Crippen molar-refractivity contribution in [3.8, 4) is 0 Å². The zero-order chi connectivity index (χ0) is 18.4. The predicted molar refractivity (Wildman–Crippen MR) is 95.2 cm³/mol. The fourth-order valence-corrected chi connectivity index (χ4v) is 2.45. The van der Waals surface area contributed by atoms with Crippen molar-refractivity contribution in [3.63, 3.8) is 0 Å². The van der Waals surface area contributed by atoms with Crippen LogP contribution in [0.25, 0.3) is 0 Å². The Labute approximate surface area is 152 Å². The molecule has 2 aromatic rings. The summed E-state index contributed by atoms with van der Waals surface area (Å²) in [7, 11) is 0. The van der Waals surface area contributed by atoms with Gasteiger partial charge in [0.2, 0.25) is 11.8 Å². The summed E-state index contributed by atoms with van der Waals surface area (Å²) in [6, 6.07) is 8.89. The summed E-state index contributed by atoms with van der Waals surface area (Å²) in [5, 5.41) is 5.10. The lowest BCUT2D eigenvalue weighted by atomic mass is 10.1. The molecular weight excluding hydrogens is 394 g/mol. The topological polar surface area (TPSA) is 58.2 Å². The van der Waals surface area contributed by atoms with Gasteiger partial charge >= 0.3 is 0 Å². The average Bonchev–Trinajstić information content (AvgIpc) is 2.56. The maximum absolute atomic E-state index is 13.5. The summed E-state index contributed by atoms with van der Waals surface area (Å²) in [6.07, 6.45) is -0.180. The van der Waals surface area contributed by atoms with Gasteiger partial charge in [-0.2, -0.15) is 0 Å². The number of halogens is 3. The van der Waals surface area contributed by atoms with E-state index in [4.69, 9.17) is 0 Å². The Morgan fingerprint density at radius 3 is 2.40 bits per heavy atom. The first-order chi connectivity index (χ1) is 11.9. The van der Waals surface area contributed by atoms with Crippen LogP contribution >= 0.6 is 15.9 Å². The standard InChI is InChI=1S/C18H17BrF2N2O2/c1-11-9-12(5-7-14(11)19)23-18(25)10-22-17(24)8-6-13-15(20)3-2-4-16(13)21/h2-5,7,9H,6,8,10H2,1H3,(H,22,24)(H,23,25). The maximum Gasteiger partial charge on any atom is 0.243 e. The lowest BCUT2D eigenvalue weighted by Gasteiger charge is -2.09. The molecule has 0 spiro atoms. The van der Waals surface area contributed by atoms with E-state index in [0.29, 0.717) is 5.69 Å². The molecule has 0 atom stereocenters. The van der Waals surface area contributed by atoms with Crippen LogP contribution < -0.4 is 10.6 Å². The molecule has 7 heteroatoms. The van der Waals surface area contributed by atoms with Crippen molar-refractivity contribution in [2.24, 2.45) is 0 Å². The number of aryl methyl sites for hydroxylation is 1. The van der Waals surface area contributed by atoms with E-state index in [-0.39, 0.29) is 30.9 Å². The zero-order valence-electron chi connectivity index (χ0n) is 13.5. The Hall–Kier alpha value is -2.28. The molecule has 2 aromatic carbocycles. The monoisotopic (exact) mass is 410 g/mol. The second kappa shape index (κ2) is 8.71. The summed E-state index contributed by atoms with van der Waals surface area (Å²) in [6.45, 7) is 1.68. The molecule has 0 aromatic heterocycles. The van der Waals surface area contributed by atoms with Gasteiger partial charge in [-0.1, -0.05) is 22.0 Å². The van der Waals surface area contributed by atoms with Gasteiger partial charge in [0.25, 0.3) is 0 Å². The van der Waals surface area contributed by atoms with E-state index in [1.165, 1.54) is 6.07 Å². The number of benzene rings is 2. The largest absolute Gasteiger partial charge is 0.347 e. The minimum atomic E-state index is -0.684. The van der Waals surface area contributed by atoms with Gasteiger partial charge in [0.05, 0.1) is 6.54 Å². The highest BCUT2D eigenvalue weighted by atomic mass is 79.9. The number of carbonyl (C=O) groups is 2. The number of anilines is 1. The van der Waals surface area contributed by atoms with Crippen LogP contribution in [-0.2, 0) is 16.0 Å². The fourth-order valence-electron chi connectivity index (χ4n) is 2.20. The summed E-state index contributed by atoms with van der Waals surface area (Å²) in [5.41, 5.74) is 1.45. The van der Waals surface area contributed by atoms with E-state index in [1.54, 1.807) is 12.1 Å². The van der Waals surface area contributed by atoms with Crippen molar-refractivity contribution in [1.29, 1.82) is 0 Å². The Kier molecular flexibility index (Phi) is 6.64. The first kappa shape index (κ1) is 19.1. The molecule has 4 nitrogen and oxygen atoms in total. The molecular formula is C18H17BrF2N2O2. The second-order valence-corrected chi connectivity index (χ2v) is 6.34. The molecule has 2 rings (SSSR count). The molecule has 0 radical (unpaired) electrons. The van der Waals surface area contributed by atoms with E-state index in [0.717, 1.165) is 22.2 Å². The summed E-state index contributed by atoms with van der Waals surface area (Å²) in [4.78, 5) is 23.6. The summed E-state index contributed by atoms with van der Waals surface area (Å²) in [5.74, 6) is -2.20. The number of nitrogens with one attached hydrogen (secondary N) is 2. The van der Waals surface area contributed by atoms with Crippen molar-refractivity contribution in [2.75, 3.05) is 11.9 Å². The Morgan fingerprint density at radius 2 is 1.76 bits per heavy atom. The van der Waals surface area contributed by atoms with Crippen LogP contribution in [0.5, 0.6) is 0 Å². The molecule has 0 aliphatic heterocycles. The molecule has 0 unspecified atom stereocenters. The fraction of sp³-hybridized carbons (Fsp3) is 0.222. The molecule has 0 heterocycles. The third-order valence-corrected chi connectivity index (χ3v) is 4.44. The van der Waals surface area contributed by atoms with Crippen molar-refractivity contribution in [3.05, 3.63) is 63.6 Å².